The Kier molecular flexibility index (Phi) is 3.28. The van der Waals surface area contributed by atoms with Crippen molar-refractivity contribution in [1.82, 2.24) is 4.90 Å². The molecule has 2 nitrogen and oxygen atoms in total. The molecule has 0 bridgehead atoms. The average molecular weight is 215 g/mol. The topological polar surface area (TPSA) is 23.2 Å². The molecule has 1 heterocycles. The van der Waals surface area contributed by atoms with Gasteiger partial charge >= 0.3 is 0 Å². The molecule has 0 spiro atoms. The van der Waals surface area contributed by atoms with Crippen LogP contribution in [0, 0.1) is 11.8 Å². The van der Waals surface area contributed by atoms with E-state index in [4.69, 9.17) is 0 Å². The molecule has 0 saturated carbocycles. The summed E-state index contributed by atoms with van der Waals surface area (Å²) in [4.78, 5) is 2.27. The van der Waals surface area contributed by atoms with Crippen molar-refractivity contribution in [3.8, 4) is 11.8 Å². The summed E-state index contributed by atoms with van der Waals surface area (Å²) in [7, 11) is 0. The van der Waals surface area contributed by atoms with Crippen molar-refractivity contribution in [3.63, 3.8) is 0 Å². The Morgan fingerprint density at radius 1 is 1.38 bits per heavy atom. The highest BCUT2D eigenvalue weighted by Crippen LogP contribution is 2.33. The number of nitrogens with zero attached hydrogens (tertiary/aromatic N) is 1. The molecule has 1 aromatic carbocycles. The van der Waals surface area contributed by atoms with Gasteiger partial charge in [-0.25, -0.2) is 0 Å². The number of hydrogen-bond acceptors (Lipinski definition) is 2. The zero-order chi connectivity index (χ0) is 11.5. The van der Waals surface area contributed by atoms with Gasteiger partial charge in [-0.05, 0) is 19.4 Å². The van der Waals surface area contributed by atoms with E-state index in [0.29, 0.717) is 6.04 Å². The van der Waals surface area contributed by atoms with Crippen LogP contribution in [-0.4, -0.2) is 28.7 Å². The van der Waals surface area contributed by atoms with Gasteiger partial charge in [-0.2, -0.15) is 0 Å². The molecule has 1 fully saturated rings. The van der Waals surface area contributed by atoms with Crippen LogP contribution in [0.4, 0.5) is 0 Å². The summed E-state index contributed by atoms with van der Waals surface area (Å²) in [6.45, 7) is 4.86. The molecule has 1 saturated heterocycles. The highest BCUT2D eigenvalue weighted by molar-refractivity contribution is 5.22. The van der Waals surface area contributed by atoms with Crippen LogP contribution < -0.4 is 0 Å². The predicted octanol–water partition coefficient (Wildman–Crippen LogP) is 1.82. The molecule has 2 rings (SSSR count). The van der Waals surface area contributed by atoms with Crippen molar-refractivity contribution < 1.29 is 5.11 Å². The Hall–Kier alpha value is -1.30. The number of hydrogen-bond donors (Lipinski definition) is 1. The molecule has 84 valence electrons. The second-order valence-electron chi connectivity index (χ2n) is 4.19. The standard InChI is InChI=1S/C14H17NO/c1-3-7-14(16)13-10-15(13)11(2)12-8-5-4-6-9-12/h4-6,8-9,11,13-14,16H,10H2,1-2H3/t11-,13?,14+,15?/m1/s1. The minimum Gasteiger partial charge on any atom is -0.379 e. The second kappa shape index (κ2) is 4.69. The van der Waals surface area contributed by atoms with Crippen LogP contribution in [-0.2, 0) is 0 Å². The Balaban J connectivity index is 1.99. The first-order valence-corrected chi connectivity index (χ1v) is 5.65. The molecule has 0 aromatic heterocycles. The van der Waals surface area contributed by atoms with E-state index in [1.54, 1.807) is 6.92 Å². The molecular formula is C14H17NO. The van der Waals surface area contributed by atoms with Crippen molar-refractivity contribution in [2.24, 2.45) is 0 Å². The number of aliphatic hydroxyl groups excluding tert-OH is 1. The van der Waals surface area contributed by atoms with Crippen molar-refractivity contribution in [2.75, 3.05) is 6.54 Å². The van der Waals surface area contributed by atoms with Crippen LogP contribution in [0.1, 0.15) is 25.5 Å². The van der Waals surface area contributed by atoms with Gasteiger partial charge in [-0.3, -0.25) is 4.90 Å². The SMILES string of the molecule is CC#C[C@H](O)C1CN1[C@H](C)c1ccccc1. The molecule has 2 heteroatoms. The lowest BCUT2D eigenvalue weighted by atomic mass is 10.1. The van der Waals surface area contributed by atoms with E-state index in [2.05, 4.69) is 35.8 Å². The summed E-state index contributed by atoms with van der Waals surface area (Å²) < 4.78 is 0. The third-order valence-corrected chi connectivity index (χ3v) is 3.13. The lowest BCUT2D eigenvalue weighted by molar-refractivity contribution is 0.201. The minimum absolute atomic E-state index is 0.211. The molecule has 4 atom stereocenters. The highest BCUT2D eigenvalue weighted by Gasteiger charge is 2.42. The minimum atomic E-state index is -0.504. The summed E-state index contributed by atoms with van der Waals surface area (Å²) in [6, 6.07) is 10.9. The van der Waals surface area contributed by atoms with E-state index in [9.17, 15) is 5.11 Å². The molecule has 1 aliphatic rings. The molecule has 1 N–H and O–H groups in total. The van der Waals surface area contributed by atoms with Gasteiger partial charge in [0.05, 0.1) is 6.04 Å². The molecule has 0 amide bonds. The van der Waals surface area contributed by atoms with Gasteiger partial charge in [0.15, 0.2) is 0 Å². The lowest BCUT2D eigenvalue weighted by Crippen LogP contribution is -2.18. The molecule has 0 radical (unpaired) electrons. The van der Waals surface area contributed by atoms with Gasteiger partial charge < -0.3 is 5.11 Å². The highest BCUT2D eigenvalue weighted by atomic mass is 16.3. The van der Waals surface area contributed by atoms with Gasteiger partial charge in [0.25, 0.3) is 0 Å². The predicted molar refractivity (Wildman–Crippen MR) is 64.8 cm³/mol. The van der Waals surface area contributed by atoms with Crippen molar-refractivity contribution in [1.29, 1.82) is 0 Å². The maximum Gasteiger partial charge on any atom is 0.131 e. The summed E-state index contributed by atoms with van der Waals surface area (Å²) in [5.41, 5.74) is 1.29. The van der Waals surface area contributed by atoms with Crippen LogP contribution in [0.3, 0.4) is 0 Å². The fourth-order valence-corrected chi connectivity index (χ4v) is 2.06. The molecule has 1 aliphatic heterocycles. The van der Waals surface area contributed by atoms with E-state index in [0.717, 1.165) is 6.54 Å². The summed E-state index contributed by atoms with van der Waals surface area (Å²) in [6.07, 6.45) is -0.504. The van der Waals surface area contributed by atoms with Gasteiger partial charge in [0, 0.05) is 12.6 Å². The van der Waals surface area contributed by atoms with Crippen LogP contribution >= 0.6 is 0 Å². The van der Waals surface area contributed by atoms with Crippen molar-refractivity contribution in [3.05, 3.63) is 35.9 Å². The zero-order valence-electron chi connectivity index (χ0n) is 9.72. The van der Waals surface area contributed by atoms with E-state index in [-0.39, 0.29) is 6.04 Å². The Morgan fingerprint density at radius 2 is 2.06 bits per heavy atom. The first kappa shape index (κ1) is 11.2. The van der Waals surface area contributed by atoms with Gasteiger partial charge in [0.2, 0.25) is 0 Å². The molecule has 16 heavy (non-hydrogen) atoms. The normalized spacial score (nSPS) is 26.4. The van der Waals surface area contributed by atoms with Crippen LogP contribution in [0.15, 0.2) is 30.3 Å². The number of aliphatic hydroxyl groups is 1. The maximum absolute atomic E-state index is 9.74. The van der Waals surface area contributed by atoms with Crippen molar-refractivity contribution in [2.45, 2.75) is 32.0 Å². The van der Waals surface area contributed by atoms with Gasteiger partial charge in [-0.15, -0.1) is 5.92 Å². The fourth-order valence-electron chi connectivity index (χ4n) is 2.06. The quantitative estimate of drug-likeness (QED) is 0.614. The monoisotopic (exact) mass is 215 g/mol. The van der Waals surface area contributed by atoms with Crippen molar-refractivity contribution >= 4 is 0 Å². The Labute approximate surface area is 96.9 Å². The van der Waals surface area contributed by atoms with Gasteiger partial charge in [0.1, 0.15) is 6.10 Å². The van der Waals surface area contributed by atoms with E-state index < -0.39 is 6.10 Å². The molecular weight excluding hydrogens is 198 g/mol. The summed E-state index contributed by atoms with van der Waals surface area (Å²) >= 11 is 0. The number of benzene rings is 1. The number of rotatable bonds is 3. The van der Waals surface area contributed by atoms with E-state index >= 15 is 0 Å². The third kappa shape index (κ3) is 2.27. The van der Waals surface area contributed by atoms with Gasteiger partial charge in [-0.1, -0.05) is 36.3 Å². The molecule has 2 unspecified atom stereocenters. The van der Waals surface area contributed by atoms with Crippen LogP contribution in [0.5, 0.6) is 0 Å². The average Bonchev–Trinajstić information content (AvgIpc) is 3.09. The van der Waals surface area contributed by atoms with Crippen LogP contribution in [0.2, 0.25) is 0 Å². The maximum atomic E-state index is 9.74. The summed E-state index contributed by atoms with van der Waals surface area (Å²) in [5.74, 6) is 5.57. The Morgan fingerprint density at radius 3 is 2.69 bits per heavy atom. The Bertz CT molecular complexity index is 404. The van der Waals surface area contributed by atoms with Crippen LogP contribution in [0.25, 0.3) is 0 Å². The zero-order valence-corrected chi connectivity index (χ0v) is 9.72. The molecule has 1 aromatic rings. The summed E-state index contributed by atoms with van der Waals surface area (Å²) in [5, 5.41) is 9.74. The lowest BCUT2D eigenvalue weighted by Gasteiger charge is -2.15. The first-order chi connectivity index (χ1) is 7.74. The third-order valence-electron chi connectivity index (χ3n) is 3.13. The largest absolute Gasteiger partial charge is 0.379 e. The first-order valence-electron chi connectivity index (χ1n) is 5.65. The smallest absolute Gasteiger partial charge is 0.131 e. The van der Waals surface area contributed by atoms with E-state index in [1.165, 1.54) is 5.56 Å². The fraction of sp³-hybridized carbons (Fsp3) is 0.429. The van der Waals surface area contributed by atoms with E-state index in [1.807, 2.05) is 18.2 Å². The molecule has 0 aliphatic carbocycles. The second-order valence-corrected chi connectivity index (χ2v) is 4.19.